The molecule has 0 unspecified atom stereocenters. The lowest BCUT2D eigenvalue weighted by Gasteiger charge is -2.30. The average Bonchev–Trinajstić information content (AvgIpc) is 3.35. The number of hydrogen-bond donors (Lipinski definition) is 0. The topological polar surface area (TPSA) is 124 Å². The van der Waals surface area contributed by atoms with Crippen LogP contribution in [0.3, 0.4) is 0 Å². The molecule has 1 aliphatic heterocycles. The van der Waals surface area contributed by atoms with Crippen molar-refractivity contribution in [3.63, 3.8) is 0 Å². The zero-order valence-corrected chi connectivity index (χ0v) is 18.1. The van der Waals surface area contributed by atoms with Gasteiger partial charge in [0, 0.05) is 18.7 Å². The summed E-state index contributed by atoms with van der Waals surface area (Å²) in [7, 11) is -3.74. The molecule has 0 atom stereocenters. The summed E-state index contributed by atoms with van der Waals surface area (Å²) >= 11 is 0. The number of nitrogens with zero attached hydrogens (tertiary/aromatic N) is 5. The summed E-state index contributed by atoms with van der Waals surface area (Å²) in [5.74, 6) is -0.600. The standard InChI is InChI=1S/C21H21N5O5S/c1-15(27)17-3-2-4-20(13-17)32(29,30)25-11-9-16(10-12-25)21(28)31-19-7-5-18(6-8-19)26-14-22-23-24-26/h2-8,13-14,16H,9-12H2,1H3. The van der Waals surface area contributed by atoms with E-state index in [1.165, 1.54) is 34.4 Å². The van der Waals surface area contributed by atoms with Gasteiger partial charge in [0.05, 0.1) is 16.5 Å². The predicted octanol–water partition coefficient (Wildman–Crippen LogP) is 1.87. The lowest BCUT2D eigenvalue weighted by molar-refractivity contribution is -0.140. The van der Waals surface area contributed by atoms with E-state index in [4.69, 9.17) is 4.74 Å². The molecule has 166 valence electrons. The first kappa shape index (κ1) is 21.8. The van der Waals surface area contributed by atoms with Crippen LogP contribution < -0.4 is 4.74 Å². The second-order valence-electron chi connectivity index (χ2n) is 7.43. The van der Waals surface area contributed by atoms with Gasteiger partial charge in [-0.15, -0.1) is 5.10 Å². The van der Waals surface area contributed by atoms with Crippen molar-refractivity contribution in [2.24, 2.45) is 5.92 Å². The first-order chi connectivity index (χ1) is 15.3. The highest BCUT2D eigenvalue weighted by Crippen LogP contribution is 2.26. The predicted molar refractivity (Wildman–Crippen MR) is 113 cm³/mol. The molecule has 2 aromatic carbocycles. The third kappa shape index (κ3) is 4.58. The minimum absolute atomic E-state index is 0.0777. The van der Waals surface area contributed by atoms with Crippen molar-refractivity contribution in [1.29, 1.82) is 0 Å². The van der Waals surface area contributed by atoms with E-state index in [0.717, 1.165) is 5.69 Å². The number of piperidine rings is 1. The number of carbonyl (C=O) groups excluding carboxylic acids is 2. The van der Waals surface area contributed by atoms with E-state index in [0.29, 0.717) is 24.2 Å². The van der Waals surface area contributed by atoms with Crippen molar-refractivity contribution < 1.29 is 22.7 Å². The molecule has 0 aliphatic carbocycles. The zero-order chi connectivity index (χ0) is 22.7. The molecular formula is C21H21N5O5S. The highest BCUT2D eigenvalue weighted by atomic mass is 32.2. The number of ketones is 1. The van der Waals surface area contributed by atoms with Crippen LogP contribution in [-0.4, -0.2) is 57.8 Å². The Morgan fingerprint density at radius 3 is 2.41 bits per heavy atom. The second kappa shape index (κ2) is 8.97. The van der Waals surface area contributed by atoms with Gasteiger partial charge in [0.25, 0.3) is 0 Å². The molecule has 0 spiro atoms. The Kier molecular flexibility index (Phi) is 6.10. The Balaban J connectivity index is 1.36. The Morgan fingerprint density at radius 2 is 1.78 bits per heavy atom. The molecule has 32 heavy (non-hydrogen) atoms. The molecule has 1 saturated heterocycles. The summed E-state index contributed by atoms with van der Waals surface area (Å²) in [5, 5.41) is 10.9. The Labute approximate surface area is 184 Å². The van der Waals surface area contributed by atoms with Crippen LogP contribution in [0.5, 0.6) is 5.75 Å². The number of tetrazole rings is 1. The molecule has 2 heterocycles. The number of Topliss-reactive ketones (excluding diaryl/α,β-unsaturated/α-hetero) is 1. The molecule has 0 saturated carbocycles. The van der Waals surface area contributed by atoms with Crippen molar-refractivity contribution in [2.45, 2.75) is 24.7 Å². The average molecular weight is 455 g/mol. The number of benzene rings is 2. The van der Waals surface area contributed by atoms with E-state index in [2.05, 4.69) is 15.5 Å². The molecule has 3 aromatic rings. The lowest BCUT2D eigenvalue weighted by atomic mass is 9.98. The van der Waals surface area contributed by atoms with Crippen molar-refractivity contribution in [2.75, 3.05) is 13.1 Å². The van der Waals surface area contributed by atoms with Crippen LogP contribution in [0.4, 0.5) is 0 Å². The van der Waals surface area contributed by atoms with Gasteiger partial charge in [0.1, 0.15) is 12.1 Å². The molecule has 11 heteroatoms. The van der Waals surface area contributed by atoms with E-state index in [9.17, 15) is 18.0 Å². The molecule has 0 bridgehead atoms. The van der Waals surface area contributed by atoms with Crippen molar-refractivity contribution in [3.05, 3.63) is 60.4 Å². The lowest BCUT2D eigenvalue weighted by Crippen LogP contribution is -2.41. The van der Waals surface area contributed by atoms with Gasteiger partial charge in [-0.05, 0) is 66.6 Å². The molecule has 4 rings (SSSR count). The normalized spacial score (nSPS) is 15.4. The number of esters is 1. The van der Waals surface area contributed by atoms with Crippen LogP contribution in [0.1, 0.15) is 30.1 Å². The molecule has 0 amide bonds. The van der Waals surface area contributed by atoms with Gasteiger partial charge in [-0.3, -0.25) is 9.59 Å². The quantitative estimate of drug-likeness (QED) is 0.313. The number of sulfonamides is 1. The summed E-state index contributed by atoms with van der Waals surface area (Å²) in [6.45, 7) is 1.79. The van der Waals surface area contributed by atoms with E-state index in [1.807, 2.05) is 0 Å². The maximum atomic E-state index is 12.9. The van der Waals surface area contributed by atoms with E-state index in [1.54, 1.807) is 36.4 Å². The molecule has 1 fully saturated rings. The van der Waals surface area contributed by atoms with Gasteiger partial charge in [0.2, 0.25) is 10.0 Å². The van der Waals surface area contributed by atoms with Crippen LogP contribution in [0.2, 0.25) is 0 Å². The van der Waals surface area contributed by atoms with E-state index >= 15 is 0 Å². The fraction of sp³-hybridized carbons (Fsp3) is 0.286. The summed E-state index contributed by atoms with van der Waals surface area (Å²) in [4.78, 5) is 24.2. The van der Waals surface area contributed by atoms with Crippen LogP contribution in [0.25, 0.3) is 5.69 Å². The highest BCUT2D eigenvalue weighted by molar-refractivity contribution is 7.89. The van der Waals surface area contributed by atoms with Gasteiger partial charge < -0.3 is 4.74 Å². The van der Waals surface area contributed by atoms with Crippen LogP contribution in [0.15, 0.2) is 59.8 Å². The number of aromatic nitrogens is 4. The fourth-order valence-electron chi connectivity index (χ4n) is 3.50. The number of ether oxygens (including phenoxy) is 1. The molecule has 0 radical (unpaired) electrons. The van der Waals surface area contributed by atoms with Gasteiger partial charge in [-0.2, -0.15) is 4.31 Å². The number of hydrogen-bond acceptors (Lipinski definition) is 8. The molecule has 1 aliphatic rings. The van der Waals surface area contributed by atoms with E-state index < -0.39 is 21.9 Å². The Morgan fingerprint density at radius 1 is 1.06 bits per heavy atom. The summed E-state index contributed by atoms with van der Waals surface area (Å²) in [6, 6.07) is 12.7. The maximum Gasteiger partial charge on any atom is 0.314 e. The molecular weight excluding hydrogens is 434 g/mol. The van der Waals surface area contributed by atoms with Crippen LogP contribution in [-0.2, 0) is 14.8 Å². The smallest absolute Gasteiger partial charge is 0.314 e. The van der Waals surface area contributed by atoms with Crippen molar-refractivity contribution in [3.8, 4) is 11.4 Å². The van der Waals surface area contributed by atoms with Crippen LogP contribution in [0, 0.1) is 5.92 Å². The monoisotopic (exact) mass is 455 g/mol. The first-order valence-electron chi connectivity index (χ1n) is 10.0. The van der Waals surface area contributed by atoms with Gasteiger partial charge in [0.15, 0.2) is 5.78 Å². The molecule has 10 nitrogen and oxygen atoms in total. The minimum atomic E-state index is -3.74. The van der Waals surface area contributed by atoms with Gasteiger partial charge >= 0.3 is 5.97 Å². The third-order valence-corrected chi connectivity index (χ3v) is 7.23. The highest BCUT2D eigenvalue weighted by Gasteiger charge is 2.33. The molecule has 0 N–H and O–H groups in total. The third-order valence-electron chi connectivity index (χ3n) is 5.33. The number of rotatable bonds is 6. The van der Waals surface area contributed by atoms with Crippen molar-refractivity contribution >= 4 is 21.8 Å². The SMILES string of the molecule is CC(=O)c1cccc(S(=O)(=O)N2CCC(C(=O)Oc3ccc(-n4cnnn4)cc3)CC2)c1. The second-order valence-corrected chi connectivity index (χ2v) is 9.37. The Hall–Kier alpha value is -3.44. The first-order valence-corrected chi connectivity index (χ1v) is 11.4. The largest absolute Gasteiger partial charge is 0.426 e. The zero-order valence-electron chi connectivity index (χ0n) is 17.3. The fourth-order valence-corrected chi connectivity index (χ4v) is 5.02. The summed E-state index contributed by atoms with van der Waals surface area (Å²) in [5.41, 5.74) is 1.07. The summed E-state index contributed by atoms with van der Waals surface area (Å²) < 4.78 is 34.2. The number of carbonyl (C=O) groups is 2. The van der Waals surface area contributed by atoms with Gasteiger partial charge in [-0.25, -0.2) is 13.1 Å². The summed E-state index contributed by atoms with van der Waals surface area (Å²) in [6.07, 6.45) is 2.17. The Bertz CT molecular complexity index is 1220. The van der Waals surface area contributed by atoms with E-state index in [-0.39, 0.29) is 23.8 Å². The van der Waals surface area contributed by atoms with Crippen molar-refractivity contribution in [1.82, 2.24) is 24.5 Å². The molecule has 1 aromatic heterocycles. The van der Waals surface area contributed by atoms with Gasteiger partial charge in [-0.1, -0.05) is 12.1 Å². The van der Waals surface area contributed by atoms with Crippen LogP contribution >= 0.6 is 0 Å². The maximum absolute atomic E-state index is 12.9. The minimum Gasteiger partial charge on any atom is -0.426 e.